The maximum atomic E-state index is 12.2. The smallest absolute Gasteiger partial charge is 0.408 e. The lowest BCUT2D eigenvalue weighted by atomic mass is 10.2. The Balaban J connectivity index is 1.32. The molecule has 0 radical (unpaired) electrons. The maximum Gasteiger partial charge on any atom is 0.420 e. The summed E-state index contributed by atoms with van der Waals surface area (Å²) in [5.74, 6) is 0.160. The minimum atomic E-state index is -0.526. The number of nitrogens with one attached hydrogen (secondary N) is 1. The first-order valence-electron chi connectivity index (χ1n) is 9.14. The highest BCUT2D eigenvalue weighted by molar-refractivity contribution is 5.79. The first kappa shape index (κ1) is 17.8. The highest BCUT2D eigenvalue weighted by atomic mass is 16.4. The van der Waals surface area contributed by atoms with Crippen molar-refractivity contribution in [2.24, 2.45) is 0 Å². The molecule has 2 aromatic carbocycles. The van der Waals surface area contributed by atoms with Gasteiger partial charge in [-0.25, -0.2) is 9.78 Å². The number of para-hydroxylation sites is 2. The van der Waals surface area contributed by atoms with Crippen LogP contribution in [0.25, 0.3) is 22.5 Å². The predicted molar refractivity (Wildman–Crippen MR) is 106 cm³/mol. The average molecular weight is 376 g/mol. The molecule has 0 saturated heterocycles. The number of aryl methyl sites for hydroxylation is 1. The van der Waals surface area contributed by atoms with Crippen molar-refractivity contribution in [1.29, 1.82) is 0 Å². The molecule has 2 heterocycles. The van der Waals surface area contributed by atoms with E-state index >= 15 is 0 Å². The standard InChI is InChI=1S/C21H20N4O3/c26-19(15-25-17-9-4-5-10-18(17)28-21(25)27)22-11-6-13-24-14-12-23-20(24)16-7-2-1-3-8-16/h1-5,7-10,12,14H,6,11,13,15H2,(H,22,26). The third-order valence-electron chi connectivity index (χ3n) is 4.52. The second kappa shape index (κ2) is 7.96. The van der Waals surface area contributed by atoms with Gasteiger partial charge in [-0.3, -0.25) is 9.36 Å². The van der Waals surface area contributed by atoms with Crippen molar-refractivity contribution in [2.45, 2.75) is 19.5 Å². The number of nitrogens with zero attached hydrogens (tertiary/aromatic N) is 3. The molecule has 142 valence electrons. The fourth-order valence-electron chi connectivity index (χ4n) is 3.18. The zero-order valence-corrected chi connectivity index (χ0v) is 15.2. The molecule has 0 unspecified atom stereocenters. The van der Waals surface area contributed by atoms with Gasteiger partial charge in [-0.15, -0.1) is 0 Å². The Kier molecular flexibility index (Phi) is 5.05. The van der Waals surface area contributed by atoms with Gasteiger partial charge in [0, 0.05) is 31.0 Å². The van der Waals surface area contributed by atoms with Crippen LogP contribution in [0, 0.1) is 0 Å². The topological polar surface area (TPSA) is 82.1 Å². The molecule has 0 spiro atoms. The summed E-state index contributed by atoms with van der Waals surface area (Å²) in [6, 6.07) is 17.0. The molecular formula is C21H20N4O3. The second-order valence-electron chi connectivity index (χ2n) is 6.44. The molecule has 1 amide bonds. The summed E-state index contributed by atoms with van der Waals surface area (Å²) in [5.41, 5.74) is 2.16. The summed E-state index contributed by atoms with van der Waals surface area (Å²) in [6.45, 7) is 1.19. The van der Waals surface area contributed by atoms with E-state index in [-0.39, 0.29) is 12.5 Å². The van der Waals surface area contributed by atoms with Crippen LogP contribution in [0.4, 0.5) is 0 Å². The third-order valence-corrected chi connectivity index (χ3v) is 4.52. The second-order valence-corrected chi connectivity index (χ2v) is 6.44. The molecule has 0 bridgehead atoms. The summed E-state index contributed by atoms with van der Waals surface area (Å²) in [4.78, 5) is 28.6. The van der Waals surface area contributed by atoms with Gasteiger partial charge < -0.3 is 14.3 Å². The molecule has 7 nitrogen and oxygen atoms in total. The van der Waals surface area contributed by atoms with E-state index in [4.69, 9.17) is 4.42 Å². The average Bonchev–Trinajstić information content (AvgIpc) is 3.31. The van der Waals surface area contributed by atoms with E-state index in [1.807, 2.05) is 36.5 Å². The van der Waals surface area contributed by atoms with Crippen molar-refractivity contribution in [1.82, 2.24) is 19.4 Å². The van der Waals surface area contributed by atoms with Crippen LogP contribution in [0.5, 0.6) is 0 Å². The van der Waals surface area contributed by atoms with E-state index in [2.05, 4.69) is 14.9 Å². The van der Waals surface area contributed by atoms with Crippen molar-refractivity contribution in [3.8, 4) is 11.4 Å². The van der Waals surface area contributed by atoms with Crippen LogP contribution < -0.4 is 11.1 Å². The summed E-state index contributed by atoms with van der Waals surface area (Å²) < 4.78 is 8.55. The molecular weight excluding hydrogens is 356 g/mol. The van der Waals surface area contributed by atoms with Crippen molar-refractivity contribution in [3.05, 3.63) is 77.5 Å². The van der Waals surface area contributed by atoms with Crippen LogP contribution in [0.15, 0.2) is 76.2 Å². The molecule has 4 rings (SSSR count). The molecule has 0 saturated carbocycles. The van der Waals surface area contributed by atoms with Crippen LogP contribution in [-0.2, 0) is 17.9 Å². The van der Waals surface area contributed by atoms with Crippen LogP contribution in [-0.4, -0.2) is 26.6 Å². The third kappa shape index (κ3) is 3.73. The minimum absolute atomic E-state index is 0.0593. The summed E-state index contributed by atoms with van der Waals surface area (Å²) in [5, 5.41) is 2.86. The van der Waals surface area contributed by atoms with Gasteiger partial charge in [0.15, 0.2) is 5.58 Å². The number of imidazole rings is 1. The molecule has 0 aliphatic rings. The van der Waals surface area contributed by atoms with E-state index < -0.39 is 5.76 Å². The van der Waals surface area contributed by atoms with Crippen molar-refractivity contribution >= 4 is 17.0 Å². The normalized spacial score (nSPS) is 11.0. The van der Waals surface area contributed by atoms with Gasteiger partial charge in [0.05, 0.1) is 5.52 Å². The van der Waals surface area contributed by atoms with E-state index in [1.54, 1.807) is 30.5 Å². The zero-order chi connectivity index (χ0) is 19.3. The molecule has 0 aliphatic heterocycles. The van der Waals surface area contributed by atoms with Gasteiger partial charge in [-0.05, 0) is 18.6 Å². The SMILES string of the molecule is O=C(Cn1c(=O)oc2ccccc21)NCCCn1ccnc1-c1ccccc1. The monoisotopic (exact) mass is 376 g/mol. The van der Waals surface area contributed by atoms with Gasteiger partial charge in [0.2, 0.25) is 5.91 Å². The lowest BCUT2D eigenvalue weighted by molar-refractivity contribution is -0.121. The number of rotatable bonds is 7. The number of fused-ring (bicyclic) bond motifs is 1. The Bertz CT molecular complexity index is 1140. The number of hydrogen-bond acceptors (Lipinski definition) is 4. The lowest BCUT2D eigenvalue weighted by Crippen LogP contribution is -2.31. The Morgan fingerprint density at radius 2 is 1.86 bits per heavy atom. The fraction of sp³-hybridized carbons (Fsp3) is 0.190. The summed E-state index contributed by atoms with van der Waals surface area (Å²) in [6.07, 6.45) is 4.46. The molecule has 0 atom stereocenters. The van der Waals surface area contributed by atoms with Crippen LogP contribution >= 0.6 is 0 Å². The van der Waals surface area contributed by atoms with Crippen molar-refractivity contribution in [3.63, 3.8) is 0 Å². The first-order valence-corrected chi connectivity index (χ1v) is 9.14. The van der Waals surface area contributed by atoms with E-state index in [1.165, 1.54) is 4.57 Å². The number of carbonyl (C=O) groups excluding carboxylic acids is 1. The zero-order valence-electron chi connectivity index (χ0n) is 15.2. The minimum Gasteiger partial charge on any atom is -0.408 e. The van der Waals surface area contributed by atoms with Crippen LogP contribution in [0.1, 0.15) is 6.42 Å². The molecule has 4 aromatic rings. The molecule has 1 N–H and O–H groups in total. The van der Waals surface area contributed by atoms with E-state index in [9.17, 15) is 9.59 Å². The molecule has 7 heteroatoms. The van der Waals surface area contributed by atoms with Gasteiger partial charge >= 0.3 is 5.76 Å². The number of oxazole rings is 1. The largest absolute Gasteiger partial charge is 0.420 e. The quantitative estimate of drug-likeness (QED) is 0.503. The molecule has 0 aliphatic carbocycles. The molecule has 2 aromatic heterocycles. The van der Waals surface area contributed by atoms with Crippen LogP contribution in [0.2, 0.25) is 0 Å². The van der Waals surface area contributed by atoms with Crippen LogP contribution in [0.3, 0.4) is 0 Å². The van der Waals surface area contributed by atoms with E-state index in [0.717, 1.165) is 24.4 Å². The Morgan fingerprint density at radius 3 is 2.71 bits per heavy atom. The number of hydrogen-bond donors (Lipinski definition) is 1. The molecule has 0 fully saturated rings. The maximum absolute atomic E-state index is 12.2. The molecule has 28 heavy (non-hydrogen) atoms. The van der Waals surface area contributed by atoms with Crippen molar-refractivity contribution in [2.75, 3.05) is 6.54 Å². The Morgan fingerprint density at radius 1 is 1.07 bits per heavy atom. The predicted octanol–water partition coefficient (Wildman–Crippen LogP) is 2.66. The Labute approximate surface area is 161 Å². The first-order chi connectivity index (χ1) is 13.7. The number of benzene rings is 2. The van der Waals surface area contributed by atoms with Gasteiger partial charge in [-0.1, -0.05) is 42.5 Å². The number of carbonyl (C=O) groups is 1. The van der Waals surface area contributed by atoms with Gasteiger partial charge in [0.1, 0.15) is 12.4 Å². The lowest BCUT2D eigenvalue weighted by Gasteiger charge is -2.09. The number of amides is 1. The highest BCUT2D eigenvalue weighted by Crippen LogP contribution is 2.16. The van der Waals surface area contributed by atoms with E-state index in [0.29, 0.717) is 17.6 Å². The Hall–Kier alpha value is -3.61. The van der Waals surface area contributed by atoms with Crippen molar-refractivity contribution < 1.29 is 9.21 Å². The summed E-state index contributed by atoms with van der Waals surface area (Å²) in [7, 11) is 0. The fourth-order valence-corrected chi connectivity index (χ4v) is 3.18. The highest BCUT2D eigenvalue weighted by Gasteiger charge is 2.12. The number of aromatic nitrogens is 3. The summed E-state index contributed by atoms with van der Waals surface area (Å²) >= 11 is 0. The van der Waals surface area contributed by atoms with Gasteiger partial charge in [0.25, 0.3) is 0 Å². The van der Waals surface area contributed by atoms with Gasteiger partial charge in [-0.2, -0.15) is 0 Å².